The van der Waals surface area contributed by atoms with Crippen LogP contribution in [-0.4, -0.2) is 16.7 Å². The first-order valence-corrected chi connectivity index (χ1v) is 6.15. The van der Waals surface area contributed by atoms with Crippen LogP contribution >= 0.6 is 0 Å². The van der Waals surface area contributed by atoms with E-state index in [1.807, 2.05) is 37.3 Å². The summed E-state index contributed by atoms with van der Waals surface area (Å²) in [7, 11) is 0. The van der Waals surface area contributed by atoms with Crippen molar-refractivity contribution >= 4 is 11.6 Å². The molecule has 3 heteroatoms. The third-order valence-corrected chi connectivity index (χ3v) is 4.18. The highest BCUT2D eigenvalue weighted by atomic mass is 16.3. The Balaban J connectivity index is 2.09. The van der Waals surface area contributed by atoms with Crippen LogP contribution in [0.5, 0.6) is 0 Å². The molecule has 4 atom stereocenters. The Bertz CT molecular complexity index is 544. The van der Waals surface area contributed by atoms with Crippen LogP contribution in [0.25, 0.3) is 0 Å². The summed E-state index contributed by atoms with van der Waals surface area (Å²) in [5.41, 5.74) is 1.00. The van der Waals surface area contributed by atoms with E-state index in [1.54, 1.807) is 0 Å². The Morgan fingerprint density at radius 2 is 1.78 bits per heavy atom. The number of aliphatic hydroxyl groups excluding tert-OH is 1. The van der Waals surface area contributed by atoms with Gasteiger partial charge in [-0.25, -0.2) is 0 Å². The maximum absolute atomic E-state index is 12.2. The number of aliphatic hydroxyl groups is 1. The molecule has 2 aliphatic rings. The molecular weight excluding hydrogens is 228 g/mol. The molecule has 18 heavy (non-hydrogen) atoms. The van der Waals surface area contributed by atoms with E-state index in [1.165, 1.54) is 6.08 Å². The first-order chi connectivity index (χ1) is 8.61. The van der Waals surface area contributed by atoms with E-state index in [9.17, 15) is 14.7 Å². The Morgan fingerprint density at radius 1 is 1.11 bits per heavy atom. The Hall–Kier alpha value is -1.90. The highest BCUT2D eigenvalue weighted by Gasteiger charge is 2.54. The fraction of sp³-hybridized carbons (Fsp3) is 0.333. The van der Waals surface area contributed by atoms with Gasteiger partial charge in [0.25, 0.3) is 0 Å². The molecule has 0 spiro atoms. The first-order valence-electron chi connectivity index (χ1n) is 6.15. The second-order valence-corrected chi connectivity index (χ2v) is 5.12. The molecule has 0 heterocycles. The molecule has 2 bridgehead atoms. The zero-order chi connectivity index (χ0) is 12.9. The third-order valence-electron chi connectivity index (χ3n) is 4.18. The normalized spacial score (nSPS) is 34.6. The van der Waals surface area contributed by atoms with Crippen molar-refractivity contribution in [2.45, 2.75) is 12.8 Å². The predicted octanol–water partition coefficient (Wildman–Crippen LogP) is 2.25. The van der Waals surface area contributed by atoms with Crippen LogP contribution in [0.1, 0.15) is 18.4 Å². The van der Waals surface area contributed by atoms with E-state index < -0.39 is 11.7 Å². The molecule has 0 unspecified atom stereocenters. The molecule has 3 rings (SSSR count). The fourth-order valence-electron chi connectivity index (χ4n) is 3.28. The maximum Gasteiger partial charge on any atom is 0.207 e. The first kappa shape index (κ1) is 11.2. The number of rotatable bonds is 1. The lowest BCUT2D eigenvalue weighted by Gasteiger charge is -2.20. The minimum absolute atomic E-state index is 0.0425. The van der Waals surface area contributed by atoms with E-state index in [0.717, 1.165) is 5.56 Å². The van der Waals surface area contributed by atoms with Gasteiger partial charge in [0.1, 0.15) is 0 Å². The number of allylic oxidation sites excluding steroid dienone is 2. The number of carbonyl (C=O) groups is 2. The number of fused-ring (bicyclic) bond motifs is 2. The van der Waals surface area contributed by atoms with Crippen LogP contribution in [0.15, 0.2) is 42.2 Å². The second-order valence-electron chi connectivity index (χ2n) is 5.12. The molecule has 92 valence electrons. The Labute approximate surface area is 105 Å². The number of hydrogen-bond acceptors (Lipinski definition) is 3. The van der Waals surface area contributed by atoms with Gasteiger partial charge < -0.3 is 5.11 Å². The van der Waals surface area contributed by atoms with Gasteiger partial charge in [0.2, 0.25) is 5.78 Å². The molecule has 1 aromatic rings. The fourth-order valence-corrected chi connectivity index (χ4v) is 3.28. The smallest absolute Gasteiger partial charge is 0.207 e. The molecule has 0 aliphatic heterocycles. The van der Waals surface area contributed by atoms with Gasteiger partial charge in [-0.2, -0.15) is 0 Å². The average Bonchev–Trinajstić information content (AvgIpc) is 2.56. The van der Waals surface area contributed by atoms with Gasteiger partial charge in [-0.3, -0.25) is 9.59 Å². The molecule has 0 amide bonds. The Morgan fingerprint density at radius 3 is 2.44 bits per heavy atom. The van der Waals surface area contributed by atoms with E-state index in [4.69, 9.17) is 0 Å². The number of hydrogen-bond donors (Lipinski definition) is 1. The van der Waals surface area contributed by atoms with Gasteiger partial charge in [0, 0.05) is 11.8 Å². The monoisotopic (exact) mass is 242 g/mol. The summed E-state index contributed by atoms with van der Waals surface area (Å²) in [6, 6.07) is 9.62. The average molecular weight is 242 g/mol. The van der Waals surface area contributed by atoms with Gasteiger partial charge in [0.05, 0.1) is 5.92 Å². The number of benzene rings is 1. The van der Waals surface area contributed by atoms with Crippen molar-refractivity contribution in [2.75, 3.05) is 0 Å². The number of Topliss-reactive ketones (excluding diaryl/α,β-unsaturated/α-hetero) is 2. The minimum atomic E-state index is -0.697. The second kappa shape index (κ2) is 3.80. The topological polar surface area (TPSA) is 54.4 Å². The van der Waals surface area contributed by atoms with E-state index in [2.05, 4.69) is 0 Å². The lowest BCUT2D eigenvalue weighted by molar-refractivity contribution is -0.132. The zero-order valence-corrected chi connectivity index (χ0v) is 10.0. The highest BCUT2D eigenvalue weighted by molar-refractivity contribution is 6.15. The largest absolute Gasteiger partial charge is 0.505 e. The van der Waals surface area contributed by atoms with Crippen molar-refractivity contribution in [2.24, 2.45) is 17.8 Å². The lowest BCUT2D eigenvalue weighted by Crippen LogP contribution is -2.30. The van der Waals surface area contributed by atoms with Crippen molar-refractivity contribution in [3.05, 3.63) is 47.7 Å². The van der Waals surface area contributed by atoms with Gasteiger partial charge in [-0.05, 0) is 17.6 Å². The van der Waals surface area contributed by atoms with Gasteiger partial charge in [-0.1, -0.05) is 37.3 Å². The molecule has 1 N–H and O–H groups in total. The summed E-state index contributed by atoms with van der Waals surface area (Å²) in [6.45, 7) is 1.97. The highest BCUT2D eigenvalue weighted by Crippen LogP contribution is 2.49. The predicted molar refractivity (Wildman–Crippen MR) is 66.1 cm³/mol. The van der Waals surface area contributed by atoms with Crippen molar-refractivity contribution in [3.63, 3.8) is 0 Å². The van der Waals surface area contributed by atoms with Crippen molar-refractivity contribution in [1.82, 2.24) is 0 Å². The standard InChI is InChI=1S/C15H14O3/c1-8-10-7-11(16)15(18)13(14(10)17)12(8)9-5-3-2-4-6-9/h2-8,10,12-13,16H,1H3/t8-,10-,12-,13+/m0/s1. The van der Waals surface area contributed by atoms with Crippen LogP contribution in [-0.2, 0) is 9.59 Å². The summed E-state index contributed by atoms with van der Waals surface area (Å²) >= 11 is 0. The molecule has 1 fully saturated rings. The van der Waals surface area contributed by atoms with Gasteiger partial charge in [0.15, 0.2) is 11.5 Å². The molecule has 2 aliphatic carbocycles. The summed E-state index contributed by atoms with van der Waals surface area (Å²) in [6.07, 6.45) is 1.43. The third kappa shape index (κ3) is 1.37. The number of carbonyl (C=O) groups excluding carboxylic acids is 2. The van der Waals surface area contributed by atoms with Crippen LogP contribution in [0.2, 0.25) is 0 Å². The van der Waals surface area contributed by atoms with E-state index in [0.29, 0.717) is 0 Å². The SMILES string of the molecule is C[C@@H]1[C@@H](c2ccccc2)[C@H]2C(=O)C(O)=C[C@@H]1C2=O. The maximum atomic E-state index is 12.2. The molecule has 0 saturated heterocycles. The van der Waals surface area contributed by atoms with Crippen LogP contribution in [0.3, 0.4) is 0 Å². The number of ketones is 2. The lowest BCUT2D eigenvalue weighted by atomic mass is 9.82. The van der Waals surface area contributed by atoms with Crippen molar-refractivity contribution in [1.29, 1.82) is 0 Å². The summed E-state index contributed by atoms with van der Waals surface area (Å²) in [5.74, 6) is -1.78. The molecule has 1 saturated carbocycles. The van der Waals surface area contributed by atoms with Crippen molar-refractivity contribution < 1.29 is 14.7 Å². The zero-order valence-electron chi connectivity index (χ0n) is 10.0. The molecule has 0 aromatic heterocycles. The molecule has 3 nitrogen and oxygen atoms in total. The minimum Gasteiger partial charge on any atom is -0.505 e. The van der Waals surface area contributed by atoms with Crippen LogP contribution in [0, 0.1) is 17.8 Å². The molecular formula is C15H14O3. The Kier molecular flexibility index (Phi) is 2.37. The van der Waals surface area contributed by atoms with Crippen LogP contribution < -0.4 is 0 Å². The summed E-state index contributed by atoms with van der Waals surface area (Å²) in [4.78, 5) is 24.1. The van der Waals surface area contributed by atoms with Crippen molar-refractivity contribution in [3.8, 4) is 0 Å². The summed E-state index contributed by atoms with van der Waals surface area (Å²) in [5, 5.41) is 9.62. The van der Waals surface area contributed by atoms with Gasteiger partial charge in [-0.15, -0.1) is 0 Å². The summed E-state index contributed by atoms with van der Waals surface area (Å²) < 4.78 is 0. The van der Waals surface area contributed by atoms with Crippen LogP contribution in [0.4, 0.5) is 0 Å². The van der Waals surface area contributed by atoms with E-state index >= 15 is 0 Å². The molecule has 0 radical (unpaired) electrons. The van der Waals surface area contributed by atoms with E-state index in [-0.39, 0.29) is 29.3 Å². The van der Waals surface area contributed by atoms with Gasteiger partial charge >= 0.3 is 0 Å². The molecule has 1 aromatic carbocycles. The quantitative estimate of drug-likeness (QED) is 0.768.